The van der Waals surface area contributed by atoms with Crippen molar-refractivity contribution in [2.24, 2.45) is 0 Å². The van der Waals surface area contributed by atoms with E-state index >= 15 is 0 Å². The lowest BCUT2D eigenvalue weighted by atomic mass is 9.83. The summed E-state index contributed by atoms with van der Waals surface area (Å²) < 4.78 is 0. The molecule has 3 N–H and O–H groups in total. The van der Waals surface area contributed by atoms with Crippen LogP contribution in [0.1, 0.15) is 40.0 Å². The van der Waals surface area contributed by atoms with Crippen molar-refractivity contribution < 1.29 is 19.2 Å². The van der Waals surface area contributed by atoms with Gasteiger partial charge in [-0.15, -0.1) is 6.58 Å². The molecule has 1 aromatic carbocycles. The average molecular weight is 313 g/mol. The number of nitrogen functional groups attached to an aromatic ring is 1. The summed E-state index contributed by atoms with van der Waals surface area (Å²) in [5.74, 6) is -2.29. The van der Waals surface area contributed by atoms with Crippen molar-refractivity contribution in [3.05, 3.63) is 42.0 Å². The van der Waals surface area contributed by atoms with Gasteiger partial charge < -0.3 is 5.73 Å². The Bertz CT molecular complexity index is 771. The highest BCUT2D eigenvalue weighted by atomic mass is 16.2. The van der Waals surface area contributed by atoms with E-state index in [1.54, 1.807) is 6.07 Å². The third-order valence-electron chi connectivity index (χ3n) is 4.30. The van der Waals surface area contributed by atoms with Crippen LogP contribution in [0, 0.1) is 0 Å². The van der Waals surface area contributed by atoms with Gasteiger partial charge in [-0.05, 0) is 25.0 Å². The summed E-state index contributed by atoms with van der Waals surface area (Å²) in [5, 5.41) is 2.21. The summed E-state index contributed by atoms with van der Waals surface area (Å²) in [5.41, 5.74) is 4.82. The number of nitrogens with one attached hydrogen (secondary N) is 1. The summed E-state index contributed by atoms with van der Waals surface area (Å²) >= 11 is 0. The Morgan fingerprint density at radius 2 is 2.00 bits per heavy atom. The first kappa shape index (κ1) is 15.0. The Labute approximate surface area is 132 Å². The number of rotatable bonds is 3. The minimum Gasteiger partial charge on any atom is -0.398 e. The van der Waals surface area contributed by atoms with Gasteiger partial charge in [0.1, 0.15) is 5.54 Å². The summed E-state index contributed by atoms with van der Waals surface area (Å²) in [6, 6.07) is 4.60. The maximum Gasteiger partial charge on any atom is 0.264 e. The van der Waals surface area contributed by atoms with Crippen molar-refractivity contribution in [3.8, 4) is 0 Å². The molecule has 0 radical (unpaired) electrons. The van der Waals surface area contributed by atoms with Crippen LogP contribution in [-0.2, 0) is 9.59 Å². The van der Waals surface area contributed by atoms with Crippen LogP contribution >= 0.6 is 0 Å². The molecule has 118 valence electrons. The summed E-state index contributed by atoms with van der Waals surface area (Å²) in [6.45, 7) is 3.60. The predicted molar refractivity (Wildman–Crippen MR) is 81.3 cm³/mol. The zero-order valence-electron chi connectivity index (χ0n) is 12.3. The zero-order chi connectivity index (χ0) is 16.8. The molecule has 0 bridgehead atoms. The molecule has 1 fully saturated rings. The molecule has 0 aliphatic carbocycles. The van der Waals surface area contributed by atoms with Gasteiger partial charge in [-0.25, -0.2) is 0 Å². The monoisotopic (exact) mass is 313 g/mol. The Hall–Kier alpha value is -2.96. The van der Waals surface area contributed by atoms with Crippen molar-refractivity contribution in [3.63, 3.8) is 0 Å². The number of nitrogens with two attached hydrogens (primary N) is 1. The molecule has 2 aliphatic heterocycles. The quantitative estimate of drug-likeness (QED) is 0.483. The van der Waals surface area contributed by atoms with E-state index in [2.05, 4.69) is 11.9 Å². The molecule has 2 aliphatic rings. The first-order valence-electron chi connectivity index (χ1n) is 7.15. The number of carbonyl (C=O) groups excluding carboxylic acids is 4. The molecule has 4 amide bonds. The number of benzene rings is 1. The summed E-state index contributed by atoms with van der Waals surface area (Å²) in [7, 11) is 0. The Kier molecular flexibility index (Phi) is 3.28. The lowest BCUT2D eigenvalue weighted by Crippen LogP contribution is -2.64. The normalized spacial score (nSPS) is 23.7. The second-order valence-electron chi connectivity index (χ2n) is 5.62. The standard InChI is InChI=1S/C16H15N3O4/c1-2-7-16(8-6-11(20)18-15(16)23)19-13(21)9-4-3-5-10(17)12(9)14(19)22/h2-5H,1,6-8,17H2,(H,18,20,23). The molecule has 2 heterocycles. The summed E-state index contributed by atoms with van der Waals surface area (Å²) in [6.07, 6.45) is 1.64. The number of piperidine rings is 1. The molecule has 0 saturated carbocycles. The molecule has 7 nitrogen and oxygen atoms in total. The number of anilines is 1. The van der Waals surface area contributed by atoms with Crippen molar-refractivity contribution in [1.29, 1.82) is 0 Å². The first-order valence-corrected chi connectivity index (χ1v) is 7.15. The van der Waals surface area contributed by atoms with Gasteiger partial charge in [0.2, 0.25) is 5.91 Å². The smallest absolute Gasteiger partial charge is 0.264 e. The lowest BCUT2D eigenvalue weighted by molar-refractivity contribution is -0.141. The van der Waals surface area contributed by atoms with Crippen molar-refractivity contribution >= 4 is 29.3 Å². The van der Waals surface area contributed by atoms with Crippen LogP contribution in [0.2, 0.25) is 0 Å². The van der Waals surface area contributed by atoms with Gasteiger partial charge in [-0.3, -0.25) is 29.4 Å². The lowest BCUT2D eigenvalue weighted by Gasteiger charge is -2.40. The van der Waals surface area contributed by atoms with E-state index in [4.69, 9.17) is 5.73 Å². The van der Waals surface area contributed by atoms with Gasteiger partial charge >= 0.3 is 0 Å². The fourth-order valence-electron chi connectivity index (χ4n) is 3.18. The van der Waals surface area contributed by atoms with Gasteiger partial charge in [0.15, 0.2) is 0 Å². The van der Waals surface area contributed by atoms with Crippen molar-refractivity contribution in [2.45, 2.75) is 24.8 Å². The largest absolute Gasteiger partial charge is 0.398 e. The first-order chi connectivity index (χ1) is 10.9. The minimum atomic E-state index is -1.45. The SMILES string of the molecule is C=CCC1(N2C(=O)c3cccc(N)c3C2=O)CCC(=O)NC1=O. The molecule has 1 saturated heterocycles. The van der Waals surface area contributed by atoms with Crippen LogP contribution in [0.25, 0.3) is 0 Å². The molecule has 23 heavy (non-hydrogen) atoms. The molecule has 1 aromatic rings. The molecular formula is C16H15N3O4. The fourth-order valence-corrected chi connectivity index (χ4v) is 3.18. The predicted octanol–water partition coefficient (Wildman–Crippen LogP) is 0.616. The van der Waals surface area contributed by atoms with E-state index in [0.717, 1.165) is 4.90 Å². The minimum absolute atomic E-state index is 0.0441. The molecule has 7 heteroatoms. The molecule has 0 aromatic heterocycles. The topological polar surface area (TPSA) is 110 Å². The zero-order valence-corrected chi connectivity index (χ0v) is 12.3. The van der Waals surface area contributed by atoms with Crippen LogP contribution in [0.15, 0.2) is 30.9 Å². The second kappa shape index (κ2) is 5.05. The highest BCUT2D eigenvalue weighted by molar-refractivity contribution is 6.26. The van der Waals surface area contributed by atoms with E-state index in [-0.39, 0.29) is 36.1 Å². The highest BCUT2D eigenvalue weighted by Gasteiger charge is 2.55. The van der Waals surface area contributed by atoms with Crippen LogP contribution in [0.3, 0.4) is 0 Å². The van der Waals surface area contributed by atoms with E-state index < -0.39 is 29.2 Å². The molecule has 1 atom stereocenters. The van der Waals surface area contributed by atoms with Crippen molar-refractivity contribution in [2.75, 3.05) is 5.73 Å². The Morgan fingerprint density at radius 3 is 2.61 bits per heavy atom. The van der Waals surface area contributed by atoms with E-state index in [1.165, 1.54) is 18.2 Å². The van der Waals surface area contributed by atoms with E-state index in [9.17, 15) is 19.2 Å². The fraction of sp³-hybridized carbons (Fsp3) is 0.250. The highest BCUT2D eigenvalue weighted by Crippen LogP contribution is 2.38. The Balaban J connectivity index is 2.13. The molecular weight excluding hydrogens is 298 g/mol. The average Bonchev–Trinajstić information content (AvgIpc) is 2.76. The third kappa shape index (κ3) is 1.97. The van der Waals surface area contributed by atoms with E-state index in [0.29, 0.717) is 0 Å². The van der Waals surface area contributed by atoms with Gasteiger partial charge in [-0.1, -0.05) is 12.1 Å². The number of amides is 4. The van der Waals surface area contributed by atoms with Crippen LogP contribution < -0.4 is 11.1 Å². The van der Waals surface area contributed by atoms with Crippen LogP contribution in [-0.4, -0.2) is 34.1 Å². The number of hydrogen-bond donors (Lipinski definition) is 2. The van der Waals surface area contributed by atoms with Gasteiger partial charge in [0.05, 0.1) is 11.1 Å². The van der Waals surface area contributed by atoms with Gasteiger partial charge in [0.25, 0.3) is 17.7 Å². The van der Waals surface area contributed by atoms with Gasteiger partial charge in [0, 0.05) is 12.1 Å². The molecule has 0 spiro atoms. The number of imide groups is 2. The maximum absolute atomic E-state index is 12.8. The molecule has 3 rings (SSSR count). The second-order valence-corrected chi connectivity index (χ2v) is 5.62. The third-order valence-corrected chi connectivity index (χ3v) is 4.30. The number of fused-ring (bicyclic) bond motifs is 1. The molecule has 1 unspecified atom stereocenters. The number of carbonyl (C=O) groups is 4. The summed E-state index contributed by atoms with van der Waals surface area (Å²) in [4.78, 5) is 50.3. The van der Waals surface area contributed by atoms with Crippen LogP contribution in [0.5, 0.6) is 0 Å². The maximum atomic E-state index is 12.8. The van der Waals surface area contributed by atoms with Gasteiger partial charge in [-0.2, -0.15) is 0 Å². The number of nitrogens with zero attached hydrogens (tertiary/aromatic N) is 1. The van der Waals surface area contributed by atoms with Crippen molar-refractivity contribution in [1.82, 2.24) is 10.2 Å². The number of hydrogen-bond acceptors (Lipinski definition) is 5. The van der Waals surface area contributed by atoms with Crippen LogP contribution in [0.4, 0.5) is 5.69 Å². The van der Waals surface area contributed by atoms with E-state index in [1.807, 2.05) is 0 Å². The Morgan fingerprint density at radius 1 is 1.26 bits per heavy atom.